The molecule has 10 nitrogen and oxygen atoms in total. The number of nitrogens with two attached hydrogens (primary N) is 1. The Morgan fingerprint density at radius 2 is 2.00 bits per heavy atom. The molecule has 2 N–H and O–H groups in total. The maximum atomic E-state index is 13.0. The predicted molar refractivity (Wildman–Crippen MR) is 115 cm³/mol. The second kappa shape index (κ2) is 8.73. The number of aromatic nitrogens is 3. The first-order valence-electron chi connectivity index (χ1n) is 9.48. The monoisotopic (exact) mass is 465 g/mol. The summed E-state index contributed by atoms with van der Waals surface area (Å²) in [7, 11) is -3.91. The van der Waals surface area contributed by atoms with E-state index < -0.39 is 21.9 Å². The second-order valence-electron chi connectivity index (χ2n) is 7.08. The van der Waals surface area contributed by atoms with Gasteiger partial charge in [-0.2, -0.15) is 10.1 Å². The standard InChI is InChI=1S/C19H23N5O5S2/c1-5-29-17(25)10-23-14-7-6-13(31(20,27)28)9-16(14)30-19(23)21-18(26)15-8-12(4)22-24(15)11(2)3/h6-9,11H,5,10H2,1-4H3,(H2,20,27,28). The largest absolute Gasteiger partial charge is 0.465 e. The van der Waals surface area contributed by atoms with Crippen molar-refractivity contribution in [2.45, 2.75) is 45.2 Å². The van der Waals surface area contributed by atoms with Crippen LogP contribution in [-0.2, 0) is 26.1 Å². The van der Waals surface area contributed by atoms with Crippen LogP contribution in [0.4, 0.5) is 0 Å². The number of nitrogens with zero attached hydrogens (tertiary/aromatic N) is 4. The van der Waals surface area contributed by atoms with Gasteiger partial charge in [-0.3, -0.25) is 14.3 Å². The number of hydrogen-bond donors (Lipinski definition) is 1. The predicted octanol–water partition coefficient (Wildman–Crippen LogP) is 1.74. The molecule has 0 bridgehead atoms. The summed E-state index contributed by atoms with van der Waals surface area (Å²) in [4.78, 5) is 29.5. The molecule has 0 saturated carbocycles. The zero-order valence-electron chi connectivity index (χ0n) is 17.5. The van der Waals surface area contributed by atoms with Crippen LogP contribution >= 0.6 is 11.3 Å². The summed E-state index contributed by atoms with van der Waals surface area (Å²) in [6.07, 6.45) is 0. The van der Waals surface area contributed by atoms with Gasteiger partial charge in [-0.25, -0.2) is 13.6 Å². The molecule has 0 atom stereocenters. The van der Waals surface area contributed by atoms with Crippen molar-refractivity contribution < 1.29 is 22.7 Å². The number of carbonyl (C=O) groups excluding carboxylic acids is 2. The van der Waals surface area contributed by atoms with Crippen LogP contribution in [0.25, 0.3) is 10.2 Å². The second-order valence-corrected chi connectivity index (χ2v) is 9.65. The number of hydrogen-bond acceptors (Lipinski definition) is 7. The lowest BCUT2D eigenvalue weighted by Crippen LogP contribution is -2.23. The molecule has 0 spiro atoms. The Morgan fingerprint density at radius 1 is 1.29 bits per heavy atom. The summed E-state index contributed by atoms with van der Waals surface area (Å²) in [5.41, 5.74) is 1.53. The SMILES string of the molecule is CCOC(=O)Cn1c(=NC(=O)c2cc(C)nn2C(C)C)sc2cc(S(N)(=O)=O)ccc21. The van der Waals surface area contributed by atoms with Crippen LogP contribution in [0.5, 0.6) is 0 Å². The average molecular weight is 466 g/mol. The van der Waals surface area contributed by atoms with Crippen LogP contribution in [-0.4, -0.2) is 41.2 Å². The molecule has 3 rings (SSSR count). The molecule has 0 aliphatic rings. The summed E-state index contributed by atoms with van der Waals surface area (Å²) < 4.78 is 32.1. The van der Waals surface area contributed by atoms with Crippen molar-refractivity contribution in [1.82, 2.24) is 14.3 Å². The van der Waals surface area contributed by atoms with Gasteiger partial charge in [-0.1, -0.05) is 11.3 Å². The van der Waals surface area contributed by atoms with E-state index in [4.69, 9.17) is 9.88 Å². The summed E-state index contributed by atoms with van der Waals surface area (Å²) in [5.74, 6) is -1.03. The molecule has 0 aliphatic carbocycles. The van der Waals surface area contributed by atoms with Gasteiger partial charge in [-0.15, -0.1) is 0 Å². The van der Waals surface area contributed by atoms with Gasteiger partial charge in [0.2, 0.25) is 10.0 Å². The number of primary sulfonamides is 1. The lowest BCUT2D eigenvalue weighted by atomic mass is 10.3. The first-order chi connectivity index (χ1) is 14.5. The van der Waals surface area contributed by atoms with Gasteiger partial charge in [0.15, 0.2) is 4.80 Å². The van der Waals surface area contributed by atoms with Crippen molar-refractivity contribution in [3.05, 3.63) is 40.5 Å². The molecule has 0 aliphatic heterocycles. The number of ether oxygens (including phenoxy) is 1. The van der Waals surface area contributed by atoms with Crippen LogP contribution in [0.2, 0.25) is 0 Å². The lowest BCUT2D eigenvalue weighted by Gasteiger charge is -2.08. The molecule has 0 saturated heterocycles. The van der Waals surface area contributed by atoms with Crippen LogP contribution in [0.3, 0.4) is 0 Å². The van der Waals surface area contributed by atoms with Crippen LogP contribution < -0.4 is 9.94 Å². The molecule has 2 heterocycles. The van der Waals surface area contributed by atoms with Gasteiger partial charge in [0, 0.05) is 6.04 Å². The molecule has 31 heavy (non-hydrogen) atoms. The molecule has 0 radical (unpaired) electrons. The zero-order valence-corrected chi connectivity index (χ0v) is 19.2. The quantitative estimate of drug-likeness (QED) is 0.550. The average Bonchev–Trinajstić information content (AvgIpc) is 3.22. The number of benzene rings is 1. The van der Waals surface area contributed by atoms with E-state index >= 15 is 0 Å². The van der Waals surface area contributed by atoms with E-state index in [0.717, 1.165) is 11.3 Å². The van der Waals surface area contributed by atoms with Crippen molar-refractivity contribution in [3.8, 4) is 0 Å². The minimum Gasteiger partial charge on any atom is -0.465 e. The smallest absolute Gasteiger partial charge is 0.326 e. The minimum atomic E-state index is -3.91. The van der Waals surface area contributed by atoms with Gasteiger partial charge in [-0.05, 0) is 52.0 Å². The molecular weight excluding hydrogens is 442 g/mol. The first-order valence-corrected chi connectivity index (χ1v) is 11.8. The fourth-order valence-electron chi connectivity index (χ4n) is 3.02. The van der Waals surface area contributed by atoms with Crippen molar-refractivity contribution in [1.29, 1.82) is 0 Å². The van der Waals surface area contributed by atoms with E-state index in [1.165, 1.54) is 22.8 Å². The van der Waals surface area contributed by atoms with E-state index in [-0.39, 0.29) is 28.9 Å². The number of esters is 1. The van der Waals surface area contributed by atoms with Gasteiger partial charge in [0.25, 0.3) is 5.91 Å². The molecule has 2 aromatic heterocycles. The van der Waals surface area contributed by atoms with Crippen molar-refractivity contribution in [2.75, 3.05) is 6.61 Å². The summed E-state index contributed by atoms with van der Waals surface area (Å²) >= 11 is 1.08. The third-order valence-electron chi connectivity index (χ3n) is 4.34. The molecule has 1 amide bonds. The number of carbonyl (C=O) groups is 2. The Balaban J connectivity index is 2.19. The fourth-order valence-corrected chi connectivity index (χ4v) is 4.70. The Labute approximate surface area is 183 Å². The Bertz CT molecular complexity index is 1330. The number of sulfonamides is 1. The molecule has 12 heteroatoms. The number of amides is 1. The van der Waals surface area contributed by atoms with Gasteiger partial charge >= 0.3 is 5.97 Å². The first kappa shape index (κ1) is 22.8. The minimum absolute atomic E-state index is 0.0470. The molecule has 0 fully saturated rings. The van der Waals surface area contributed by atoms with Gasteiger partial charge < -0.3 is 9.30 Å². The van der Waals surface area contributed by atoms with Crippen molar-refractivity contribution in [2.24, 2.45) is 10.1 Å². The molecule has 166 valence electrons. The highest BCUT2D eigenvalue weighted by atomic mass is 32.2. The third kappa shape index (κ3) is 4.92. The number of rotatable bonds is 6. The Kier molecular flexibility index (Phi) is 6.43. The van der Waals surface area contributed by atoms with E-state index in [0.29, 0.717) is 21.6 Å². The normalized spacial score (nSPS) is 12.6. The summed E-state index contributed by atoms with van der Waals surface area (Å²) in [5, 5.41) is 9.55. The molecular formula is C19H23N5O5S2. The maximum absolute atomic E-state index is 13.0. The summed E-state index contributed by atoms with van der Waals surface area (Å²) in [6, 6.07) is 5.86. The number of fused-ring (bicyclic) bond motifs is 1. The fraction of sp³-hybridized carbons (Fsp3) is 0.368. The highest BCUT2D eigenvalue weighted by molar-refractivity contribution is 7.89. The van der Waals surface area contributed by atoms with Crippen molar-refractivity contribution in [3.63, 3.8) is 0 Å². The molecule has 0 unspecified atom stereocenters. The zero-order chi connectivity index (χ0) is 22.9. The van der Waals surface area contributed by atoms with Crippen LogP contribution in [0.1, 0.15) is 43.0 Å². The third-order valence-corrected chi connectivity index (χ3v) is 6.29. The molecule has 1 aromatic carbocycles. The number of aryl methyl sites for hydroxylation is 1. The van der Waals surface area contributed by atoms with E-state index in [2.05, 4.69) is 10.1 Å². The Morgan fingerprint density at radius 3 is 2.61 bits per heavy atom. The van der Waals surface area contributed by atoms with E-state index in [9.17, 15) is 18.0 Å². The highest BCUT2D eigenvalue weighted by Gasteiger charge is 2.18. The lowest BCUT2D eigenvalue weighted by molar-refractivity contribution is -0.143. The maximum Gasteiger partial charge on any atom is 0.326 e. The topological polar surface area (TPSA) is 139 Å². The van der Waals surface area contributed by atoms with Gasteiger partial charge in [0.05, 0.1) is 27.4 Å². The van der Waals surface area contributed by atoms with Crippen LogP contribution in [0, 0.1) is 6.92 Å². The Hall–Kier alpha value is -2.83. The number of thiazole rings is 1. The summed E-state index contributed by atoms with van der Waals surface area (Å²) in [6.45, 7) is 7.30. The van der Waals surface area contributed by atoms with E-state index in [1.807, 2.05) is 13.8 Å². The van der Waals surface area contributed by atoms with Crippen molar-refractivity contribution >= 4 is 43.5 Å². The molecule has 3 aromatic rings. The van der Waals surface area contributed by atoms with Gasteiger partial charge in [0.1, 0.15) is 12.2 Å². The highest BCUT2D eigenvalue weighted by Crippen LogP contribution is 2.22. The van der Waals surface area contributed by atoms with Crippen LogP contribution in [0.15, 0.2) is 34.2 Å². The van der Waals surface area contributed by atoms with E-state index in [1.54, 1.807) is 24.6 Å².